The van der Waals surface area contributed by atoms with E-state index in [0.29, 0.717) is 18.4 Å². The van der Waals surface area contributed by atoms with Gasteiger partial charge in [0.25, 0.3) is 0 Å². The van der Waals surface area contributed by atoms with Crippen molar-refractivity contribution in [2.75, 3.05) is 26.7 Å². The number of nitrogens with zero attached hydrogens (tertiary/aromatic N) is 1. The molecule has 0 radical (unpaired) electrons. The van der Waals surface area contributed by atoms with Crippen LogP contribution < -0.4 is 10.1 Å². The van der Waals surface area contributed by atoms with Gasteiger partial charge in [0, 0.05) is 25.6 Å². The molecule has 0 aliphatic carbocycles. The molecule has 1 N–H and O–H groups in total. The Morgan fingerprint density at radius 2 is 2.04 bits per heavy atom. The molecule has 1 unspecified atom stereocenters. The van der Waals surface area contributed by atoms with Crippen LogP contribution in [0.4, 0.5) is 0 Å². The number of nitrogens with one attached hydrogen (secondary N) is 1. The van der Waals surface area contributed by atoms with Crippen molar-refractivity contribution in [1.29, 1.82) is 0 Å². The minimum absolute atomic E-state index is 0.313. The third-order valence-electron chi connectivity index (χ3n) is 4.68. The summed E-state index contributed by atoms with van der Waals surface area (Å²) in [5, 5.41) is 3.39. The monoisotopic (exact) mass is 318 g/mol. The molecule has 1 aromatic rings. The summed E-state index contributed by atoms with van der Waals surface area (Å²) in [6.45, 7) is 4.80. The van der Waals surface area contributed by atoms with E-state index >= 15 is 0 Å². The second kappa shape index (κ2) is 9.56. The van der Waals surface area contributed by atoms with E-state index in [4.69, 9.17) is 4.74 Å². The van der Waals surface area contributed by atoms with E-state index in [1.165, 1.54) is 18.4 Å². The number of piperidine rings is 1. The highest BCUT2D eigenvalue weighted by molar-refractivity contribution is 5.76. The number of carbonyl (C=O) groups is 1. The average molecular weight is 318 g/mol. The van der Waals surface area contributed by atoms with Gasteiger partial charge in [0.2, 0.25) is 5.91 Å². The van der Waals surface area contributed by atoms with E-state index in [1.807, 2.05) is 12.1 Å². The lowest BCUT2D eigenvalue weighted by Crippen LogP contribution is -2.44. The Kier molecular flexibility index (Phi) is 7.40. The zero-order valence-electron chi connectivity index (χ0n) is 14.5. The second-order valence-corrected chi connectivity index (χ2v) is 6.24. The smallest absolute Gasteiger partial charge is 0.224 e. The van der Waals surface area contributed by atoms with E-state index < -0.39 is 0 Å². The fourth-order valence-electron chi connectivity index (χ4n) is 3.24. The van der Waals surface area contributed by atoms with Crippen LogP contribution in [0.1, 0.15) is 44.6 Å². The maximum atomic E-state index is 12.3. The Morgan fingerprint density at radius 3 is 2.74 bits per heavy atom. The van der Waals surface area contributed by atoms with Crippen LogP contribution >= 0.6 is 0 Å². The van der Waals surface area contributed by atoms with Gasteiger partial charge >= 0.3 is 0 Å². The van der Waals surface area contributed by atoms with Gasteiger partial charge in [-0.1, -0.05) is 19.1 Å². The molecule has 0 bridgehead atoms. The molecule has 1 heterocycles. The van der Waals surface area contributed by atoms with Crippen molar-refractivity contribution in [3.05, 3.63) is 29.8 Å². The molecule has 1 aromatic carbocycles. The molecule has 1 amide bonds. The molecule has 23 heavy (non-hydrogen) atoms. The molecule has 2 rings (SSSR count). The van der Waals surface area contributed by atoms with Crippen molar-refractivity contribution in [2.45, 2.75) is 51.5 Å². The third-order valence-corrected chi connectivity index (χ3v) is 4.68. The van der Waals surface area contributed by atoms with Crippen molar-refractivity contribution in [2.24, 2.45) is 0 Å². The van der Waals surface area contributed by atoms with Crippen molar-refractivity contribution < 1.29 is 9.53 Å². The summed E-state index contributed by atoms with van der Waals surface area (Å²) in [4.78, 5) is 14.4. The van der Waals surface area contributed by atoms with Gasteiger partial charge in [-0.05, 0) is 56.3 Å². The zero-order valence-corrected chi connectivity index (χ0v) is 14.5. The van der Waals surface area contributed by atoms with E-state index in [2.05, 4.69) is 29.3 Å². The van der Waals surface area contributed by atoms with Gasteiger partial charge in [0.05, 0.1) is 7.11 Å². The third kappa shape index (κ3) is 5.54. The number of methoxy groups -OCH3 is 1. The molecule has 1 aliphatic rings. The average Bonchev–Trinajstić information content (AvgIpc) is 2.61. The first-order chi connectivity index (χ1) is 11.2. The Labute approximate surface area is 140 Å². The predicted octanol–water partition coefficient (Wildman–Crippen LogP) is 3.01. The maximum Gasteiger partial charge on any atom is 0.224 e. The summed E-state index contributed by atoms with van der Waals surface area (Å²) >= 11 is 0. The normalized spacial score (nSPS) is 18.0. The van der Waals surface area contributed by atoms with Gasteiger partial charge in [-0.2, -0.15) is 0 Å². The van der Waals surface area contributed by atoms with Gasteiger partial charge in [0.15, 0.2) is 0 Å². The van der Waals surface area contributed by atoms with Gasteiger partial charge in [-0.25, -0.2) is 0 Å². The molecule has 1 fully saturated rings. The highest BCUT2D eigenvalue weighted by Gasteiger charge is 2.24. The highest BCUT2D eigenvalue weighted by atomic mass is 16.5. The number of likely N-dealkylation sites (tertiary alicyclic amines) is 1. The molecule has 1 atom stereocenters. The summed E-state index contributed by atoms with van der Waals surface area (Å²) < 4.78 is 5.16. The van der Waals surface area contributed by atoms with Crippen LogP contribution in [0, 0.1) is 0 Å². The number of hydrogen-bond acceptors (Lipinski definition) is 3. The molecule has 0 aromatic heterocycles. The molecule has 128 valence electrons. The first-order valence-electron chi connectivity index (χ1n) is 8.87. The fraction of sp³-hybridized carbons (Fsp3) is 0.632. The van der Waals surface area contributed by atoms with Gasteiger partial charge in [-0.15, -0.1) is 0 Å². The topological polar surface area (TPSA) is 41.6 Å². The standard InChI is InChI=1S/C19H30N2O2/c1-3-17-6-4-5-15-21(17)19(22)12-14-20-13-11-16-7-9-18(23-2)10-8-16/h7-10,17,20H,3-6,11-15H2,1-2H3. The van der Waals surface area contributed by atoms with Gasteiger partial charge in [-0.3, -0.25) is 4.79 Å². The summed E-state index contributed by atoms with van der Waals surface area (Å²) in [6.07, 6.45) is 6.26. The lowest BCUT2D eigenvalue weighted by atomic mass is 9.99. The Balaban J connectivity index is 1.63. The van der Waals surface area contributed by atoms with Crippen LogP contribution in [-0.2, 0) is 11.2 Å². The van der Waals surface area contributed by atoms with Crippen molar-refractivity contribution >= 4 is 5.91 Å². The lowest BCUT2D eigenvalue weighted by Gasteiger charge is -2.35. The summed E-state index contributed by atoms with van der Waals surface area (Å²) in [7, 11) is 1.68. The predicted molar refractivity (Wildman–Crippen MR) is 93.8 cm³/mol. The molecule has 4 heteroatoms. The Morgan fingerprint density at radius 1 is 1.26 bits per heavy atom. The van der Waals surface area contributed by atoms with Crippen LogP contribution in [-0.4, -0.2) is 43.6 Å². The Hall–Kier alpha value is -1.55. The number of hydrogen-bond donors (Lipinski definition) is 1. The fourth-order valence-corrected chi connectivity index (χ4v) is 3.24. The van der Waals surface area contributed by atoms with Gasteiger partial charge in [0.1, 0.15) is 5.75 Å². The summed E-state index contributed by atoms with van der Waals surface area (Å²) in [5.41, 5.74) is 1.28. The highest BCUT2D eigenvalue weighted by Crippen LogP contribution is 2.20. The Bertz CT molecular complexity index is 473. The minimum Gasteiger partial charge on any atom is -0.497 e. The first kappa shape index (κ1) is 17.8. The molecule has 0 spiro atoms. The number of amides is 1. The maximum absolute atomic E-state index is 12.3. The minimum atomic E-state index is 0.313. The van der Waals surface area contributed by atoms with Crippen LogP contribution in [0.15, 0.2) is 24.3 Å². The summed E-state index contributed by atoms with van der Waals surface area (Å²) in [6, 6.07) is 8.62. The lowest BCUT2D eigenvalue weighted by molar-refractivity contribution is -0.134. The van der Waals surface area contributed by atoms with Crippen LogP contribution in [0.5, 0.6) is 5.75 Å². The van der Waals surface area contributed by atoms with Crippen LogP contribution in [0.25, 0.3) is 0 Å². The number of rotatable bonds is 8. The molecular weight excluding hydrogens is 288 g/mol. The van der Waals surface area contributed by atoms with E-state index in [1.54, 1.807) is 7.11 Å². The van der Waals surface area contributed by atoms with Crippen LogP contribution in [0.3, 0.4) is 0 Å². The van der Waals surface area contributed by atoms with Crippen molar-refractivity contribution in [1.82, 2.24) is 10.2 Å². The van der Waals surface area contributed by atoms with Crippen LogP contribution in [0.2, 0.25) is 0 Å². The molecule has 1 aliphatic heterocycles. The quantitative estimate of drug-likeness (QED) is 0.749. The molecule has 4 nitrogen and oxygen atoms in total. The summed E-state index contributed by atoms with van der Waals surface area (Å²) in [5.74, 6) is 1.20. The van der Waals surface area contributed by atoms with E-state index in [0.717, 1.165) is 44.6 Å². The molecule has 1 saturated heterocycles. The van der Waals surface area contributed by atoms with Crippen molar-refractivity contribution in [3.8, 4) is 5.75 Å². The van der Waals surface area contributed by atoms with Crippen molar-refractivity contribution in [3.63, 3.8) is 0 Å². The second-order valence-electron chi connectivity index (χ2n) is 6.24. The number of carbonyl (C=O) groups excluding carboxylic acids is 1. The number of ether oxygens (including phenoxy) is 1. The van der Waals surface area contributed by atoms with E-state index in [9.17, 15) is 4.79 Å². The van der Waals surface area contributed by atoms with Gasteiger partial charge < -0.3 is 15.0 Å². The molecular formula is C19H30N2O2. The molecule has 0 saturated carbocycles. The first-order valence-corrected chi connectivity index (χ1v) is 8.87. The SMILES string of the molecule is CCC1CCCCN1C(=O)CCNCCc1ccc(OC)cc1. The largest absolute Gasteiger partial charge is 0.497 e. The zero-order chi connectivity index (χ0) is 16.5. The number of benzene rings is 1. The van der Waals surface area contributed by atoms with E-state index in [-0.39, 0.29) is 0 Å².